The zero-order valence-electron chi connectivity index (χ0n) is 10.8. The number of rotatable bonds is 4. The lowest BCUT2D eigenvalue weighted by atomic mass is 10.0. The summed E-state index contributed by atoms with van der Waals surface area (Å²) in [6.07, 6.45) is 1.86. The number of hydrogen-bond donors (Lipinski definition) is 1. The second kappa shape index (κ2) is 5.58. The molecule has 0 amide bonds. The highest BCUT2D eigenvalue weighted by molar-refractivity contribution is 5.46. The maximum Gasteiger partial charge on any atom is 0.125 e. The Kier molecular flexibility index (Phi) is 3.88. The lowest BCUT2D eigenvalue weighted by Gasteiger charge is -2.10. The Bertz CT molecular complexity index is 518. The van der Waals surface area contributed by atoms with E-state index >= 15 is 0 Å². The van der Waals surface area contributed by atoms with Gasteiger partial charge in [0.2, 0.25) is 0 Å². The summed E-state index contributed by atoms with van der Waals surface area (Å²) in [4.78, 5) is 0. The normalized spacial score (nSPS) is 10.3. The Hall–Kier alpha value is -1.96. The van der Waals surface area contributed by atoms with Crippen molar-refractivity contribution in [3.05, 3.63) is 59.2 Å². The van der Waals surface area contributed by atoms with E-state index in [0.717, 1.165) is 29.7 Å². The van der Waals surface area contributed by atoms with E-state index in [1.807, 2.05) is 37.3 Å². The topological polar surface area (TPSA) is 29.5 Å². The molecule has 0 fully saturated rings. The van der Waals surface area contributed by atoms with Gasteiger partial charge in [-0.1, -0.05) is 30.3 Å². The third-order valence-corrected chi connectivity index (χ3v) is 3.16. The molecular weight excluding hydrogens is 224 g/mol. The van der Waals surface area contributed by atoms with Crippen LogP contribution in [0.1, 0.15) is 16.7 Å². The largest absolute Gasteiger partial charge is 0.508 e. The monoisotopic (exact) mass is 242 g/mol. The summed E-state index contributed by atoms with van der Waals surface area (Å²) in [6.45, 7) is 1.86. The van der Waals surface area contributed by atoms with Gasteiger partial charge in [-0.15, -0.1) is 0 Å². The molecule has 0 aliphatic carbocycles. The first-order valence-electron chi connectivity index (χ1n) is 6.11. The molecule has 1 N–H and O–H groups in total. The minimum atomic E-state index is 0.303. The molecule has 2 heteroatoms. The van der Waals surface area contributed by atoms with Gasteiger partial charge in [-0.2, -0.15) is 0 Å². The van der Waals surface area contributed by atoms with Gasteiger partial charge in [0.15, 0.2) is 0 Å². The molecule has 0 bridgehead atoms. The van der Waals surface area contributed by atoms with Gasteiger partial charge in [-0.25, -0.2) is 0 Å². The minimum Gasteiger partial charge on any atom is -0.508 e. The van der Waals surface area contributed by atoms with Crippen molar-refractivity contribution in [1.82, 2.24) is 0 Å². The summed E-state index contributed by atoms with van der Waals surface area (Å²) in [5.74, 6) is 1.05. The Balaban J connectivity index is 2.13. The Morgan fingerprint density at radius 1 is 1.00 bits per heavy atom. The van der Waals surface area contributed by atoms with E-state index in [1.165, 1.54) is 5.56 Å². The molecule has 2 nitrogen and oxygen atoms in total. The highest BCUT2D eigenvalue weighted by Gasteiger charge is 2.06. The maximum atomic E-state index is 9.83. The van der Waals surface area contributed by atoms with E-state index in [1.54, 1.807) is 7.11 Å². The average molecular weight is 242 g/mol. The molecule has 2 aromatic rings. The first-order chi connectivity index (χ1) is 8.70. The highest BCUT2D eigenvalue weighted by Crippen LogP contribution is 2.29. The molecule has 0 saturated heterocycles. The minimum absolute atomic E-state index is 0.303. The van der Waals surface area contributed by atoms with E-state index < -0.39 is 0 Å². The summed E-state index contributed by atoms with van der Waals surface area (Å²) < 4.78 is 5.26. The van der Waals surface area contributed by atoms with Crippen molar-refractivity contribution < 1.29 is 9.84 Å². The molecule has 2 aromatic carbocycles. The summed E-state index contributed by atoms with van der Waals surface area (Å²) in [7, 11) is 1.63. The number of hydrogen-bond acceptors (Lipinski definition) is 2. The van der Waals surface area contributed by atoms with Crippen molar-refractivity contribution in [1.29, 1.82) is 0 Å². The SMILES string of the molecule is COc1cc(CCc2ccccc2)cc(O)c1C. The molecule has 0 aromatic heterocycles. The molecule has 2 rings (SSSR count). The molecule has 0 aliphatic heterocycles. The zero-order chi connectivity index (χ0) is 13.0. The quantitative estimate of drug-likeness (QED) is 0.889. The molecule has 0 unspecified atom stereocenters. The van der Waals surface area contributed by atoms with Gasteiger partial charge >= 0.3 is 0 Å². The first kappa shape index (κ1) is 12.5. The van der Waals surface area contributed by atoms with Crippen LogP contribution in [0, 0.1) is 6.92 Å². The second-order valence-electron chi connectivity index (χ2n) is 4.43. The molecule has 0 atom stereocenters. The van der Waals surface area contributed by atoms with E-state index in [2.05, 4.69) is 12.1 Å². The molecule has 94 valence electrons. The Morgan fingerprint density at radius 3 is 2.33 bits per heavy atom. The predicted molar refractivity (Wildman–Crippen MR) is 73.2 cm³/mol. The Morgan fingerprint density at radius 2 is 1.67 bits per heavy atom. The van der Waals surface area contributed by atoms with E-state index in [0.29, 0.717) is 5.75 Å². The Labute approximate surface area is 108 Å². The lowest BCUT2D eigenvalue weighted by molar-refractivity contribution is 0.402. The number of phenolic OH excluding ortho intramolecular Hbond substituents is 1. The van der Waals surface area contributed by atoms with Gasteiger partial charge in [0.05, 0.1) is 7.11 Å². The third-order valence-electron chi connectivity index (χ3n) is 3.16. The number of phenols is 1. The molecule has 0 radical (unpaired) electrons. The fraction of sp³-hybridized carbons (Fsp3) is 0.250. The van der Waals surface area contributed by atoms with Crippen LogP contribution in [0.3, 0.4) is 0 Å². The van der Waals surface area contributed by atoms with Gasteiger partial charge in [0.1, 0.15) is 11.5 Å². The lowest BCUT2D eigenvalue weighted by Crippen LogP contribution is -1.94. The van der Waals surface area contributed by atoms with Crippen LogP contribution in [0.2, 0.25) is 0 Å². The number of aromatic hydroxyl groups is 1. The van der Waals surface area contributed by atoms with Crippen LogP contribution in [0.25, 0.3) is 0 Å². The van der Waals surface area contributed by atoms with Gasteiger partial charge in [-0.05, 0) is 43.0 Å². The average Bonchev–Trinajstić information content (AvgIpc) is 2.41. The molecule has 0 spiro atoms. The first-order valence-corrected chi connectivity index (χ1v) is 6.11. The van der Waals surface area contributed by atoms with Crippen molar-refractivity contribution in [2.75, 3.05) is 7.11 Å². The fourth-order valence-electron chi connectivity index (χ4n) is 2.02. The van der Waals surface area contributed by atoms with E-state index in [9.17, 15) is 5.11 Å². The summed E-state index contributed by atoms with van der Waals surface area (Å²) in [5, 5.41) is 9.83. The van der Waals surface area contributed by atoms with Crippen LogP contribution in [0.15, 0.2) is 42.5 Å². The molecular formula is C16H18O2. The van der Waals surface area contributed by atoms with Gasteiger partial charge < -0.3 is 9.84 Å². The van der Waals surface area contributed by atoms with Crippen LogP contribution in [-0.4, -0.2) is 12.2 Å². The number of aryl methyl sites for hydroxylation is 2. The van der Waals surface area contributed by atoms with Crippen LogP contribution < -0.4 is 4.74 Å². The summed E-state index contributed by atoms with van der Waals surface area (Å²) in [5.41, 5.74) is 3.19. The second-order valence-corrected chi connectivity index (χ2v) is 4.43. The molecule has 0 aliphatic rings. The van der Waals surface area contributed by atoms with Crippen LogP contribution in [0.4, 0.5) is 0 Å². The smallest absolute Gasteiger partial charge is 0.125 e. The van der Waals surface area contributed by atoms with Gasteiger partial charge in [0.25, 0.3) is 0 Å². The summed E-state index contributed by atoms with van der Waals surface area (Å²) in [6, 6.07) is 14.2. The summed E-state index contributed by atoms with van der Waals surface area (Å²) >= 11 is 0. The predicted octanol–water partition coefficient (Wildman–Crippen LogP) is 3.49. The van der Waals surface area contributed by atoms with Crippen LogP contribution >= 0.6 is 0 Å². The number of methoxy groups -OCH3 is 1. The van der Waals surface area contributed by atoms with E-state index in [-0.39, 0.29) is 0 Å². The standard InChI is InChI=1S/C16H18O2/c1-12-15(17)10-14(11-16(12)18-2)9-8-13-6-4-3-5-7-13/h3-7,10-11,17H,8-9H2,1-2H3. The zero-order valence-corrected chi connectivity index (χ0v) is 10.8. The van der Waals surface area contributed by atoms with Gasteiger partial charge in [0, 0.05) is 5.56 Å². The van der Waals surface area contributed by atoms with E-state index in [4.69, 9.17) is 4.74 Å². The maximum absolute atomic E-state index is 9.83. The molecule has 0 saturated carbocycles. The van der Waals surface area contributed by atoms with Crippen LogP contribution in [-0.2, 0) is 12.8 Å². The van der Waals surface area contributed by atoms with Crippen molar-refractivity contribution in [3.63, 3.8) is 0 Å². The van der Waals surface area contributed by atoms with Crippen molar-refractivity contribution in [2.24, 2.45) is 0 Å². The highest BCUT2D eigenvalue weighted by atomic mass is 16.5. The molecule has 0 heterocycles. The number of ether oxygens (including phenoxy) is 1. The van der Waals surface area contributed by atoms with Crippen LogP contribution in [0.5, 0.6) is 11.5 Å². The van der Waals surface area contributed by atoms with Gasteiger partial charge in [-0.3, -0.25) is 0 Å². The fourth-order valence-corrected chi connectivity index (χ4v) is 2.02. The van der Waals surface area contributed by atoms with Crippen molar-refractivity contribution in [2.45, 2.75) is 19.8 Å². The van der Waals surface area contributed by atoms with Crippen molar-refractivity contribution in [3.8, 4) is 11.5 Å². The number of benzene rings is 2. The van der Waals surface area contributed by atoms with Crippen molar-refractivity contribution >= 4 is 0 Å². The molecule has 18 heavy (non-hydrogen) atoms. The third kappa shape index (κ3) is 2.83.